The molecule has 0 saturated carbocycles. The summed E-state index contributed by atoms with van der Waals surface area (Å²) in [5.74, 6) is -0.420. The minimum atomic E-state index is -1.18. The lowest BCUT2D eigenvalue weighted by Gasteiger charge is -2.43. The smallest absolute Gasteiger partial charge is 0.413 e. The maximum Gasteiger partial charge on any atom is 0.413 e. The first-order valence-electron chi connectivity index (χ1n) is 20.0. The molecule has 354 valence electrons. The number of likely N-dealkylation sites (tertiary alicyclic amines) is 1. The molecule has 4 amide bonds. The number of pyridine rings is 2. The van der Waals surface area contributed by atoms with Crippen LogP contribution in [-0.4, -0.2) is 106 Å². The molecular weight excluding hydrogens is 1120 g/mol. The third-order valence-electron chi connectivity index (χ3n) is 11.0. The fourth-order valence-corrected chi connectivity index (χ4v) is 10.3. The second-order valence-electron chi connectivity index (χ2n) is 15.2. The number of phenolic OH excluding ortho intramolecular Hbond substituents is 2. The lowest BCUT2D eigenvalue weighted by molar-refractivity contribution is -0.142. The van der Waals surface area contributed by atoms with Gasteiger partial charge >= 0.3 is 30.2 Å². The number of aromatic nitrogens is 2. The van der Waals surface area contributed by atoms with Crippen molar-refractivity contribution in [3.63, 3.8) is 0 Å². The molecule has 23 heteroatoms. The maximum atomic E-state index is 12.8. The molecule has 8 rings (SSSR count). The van der Waals surface area contributed by atoms with E-state index in [1.807, 2.05) is 18.2 Å². The first-order valence-corrected chi connectivity index (χ1v) is 23.2. The highest BCUT2D eigenvalue weighted by Crippen LogP contribution is 2.43. The molecule has 0 unspecified atom stereocenters. The number of hydrogen-bond acceptors (Lipinski definition) is 14. The van der Waals surface area contributed by atoms with Gasteiger partial charge in [0.05, 0.1) is 25.0 Å². The number of carbonyl (C=O) groups is 5. The number of benzene rings is 2. The summed E-state index contributed by atoms with van der Waals surface area (Å²) in [6.07, 6.45) is 4.99. The van der Waals surface area contributed by atoms with Crippen molar-refractivity contribution in [1.82, 2.24) is 25.5 Å². The number of phenols is 2. The Morgan fingerprint density at radius 3 is 1.68 bits per heavy atom. The minimum absolute atomic E-state index is 0. The van der Waals surface area contributed by atoms with Gasteiger partial charge in [-0.2, -0.15) is 0 Å². The zero-order chi connectivity index (χ0) is 47.1. The molecule has 2 saturated heterocycles. The minimum Gasteiger partial charge on any atom is -0.506 e. The van der Waals surface area contributed by atoms with Gasteiger partial charge < -0.3 is 50.8 Å². The monoisotopic (exact) mass is 1170 g/mol. The molecule has 0 radical (unpaired) electrons. The fraction of sp³-hybridized carbons (Fsp3) is 0.372. The number of nitrogens with two attached hydrogens (primary N) is 1. The van der Waals surface area contributed by atoms with E-state index in [0.29, 0.717) is 54.4 Å². The van der Waals surface area contributed by atoms with Crippen LogP contribution in [-0.2, 0) is 47.8 Å². The van der Waals surface area contributed by atoms with Crippen LogP contribution < -0.4 is 27.0 Å². The Morgan fingerprint density at radius 1 is 0.803 bits per heavy atom. The summed E-state index contributed by atoms with van der Waals surface area (Å²) in [4.78, 5) is 69.2. The second kappa shape index (κ2) is 22.6. The van der Waals surface area contributed by atoms with Gasteiger partial charge in [0.25, 0.3) is 0 Å². The van der Waals surface area contributed by atoms with Gasteiger partial charge in [-0.25, -0.2) is 29.1 Å². The number of nitrogens with one attached hydrogen (secondary N) is 4. The van der Waals surface area contributed by atoms with Gasteiger partial charge in [0, 0.05) is 68.7 Å². The van der Waals surface area contributed by atoms with E-state index in [1.165, 1.54) is 12.0 Å². The van der Waals surface area contributed by atoms with Crippen molar-refractivity contribution >= 4 is 106 Å². The third-order valence-corrected chi connectivity index (χ3v) is 13.5. The molecule has 4 aliphatic rings. The molecule has 6 heterocycles. The Hall–Kier alpha value is -5.07. The number of halogens is 4. The van der Waals surface area contributed by atoms with Crippen LogP contribution in [0, 0.1) is 0 Å². The average Bonchev–Trinajstić information content (AvgIpc) is 3.27. The predicted octanol–water partition coefficient (Wildman–Crippen LogP) is 7.39. The Balaban J connectivity index is 0.000000207. The van der Waals surface area contributed by atoms with Gasteiger partial charge in [-0.05, 0) is 143 Å². The Labute approximate surface area is 413 Å². The van der Waals surface area contributed by atoms with Crippen molar-refractivity contribution in [1.29, 1.82) is 0 Å². The lowest BCUT2D eigenvalue weighted by atomic mass is 9.83. The molecule has 2 aromatic heterocycles. The number of nitrogens with zero attached hydrogens (tertiary/aromatic N) is 3. The van der Waals surface area contributed by atoms with E-state index in [2.05, 4.69) is 99.7 Å². The van der Waals surface area contributed by atoms with E-state index in [4.69, 9.17) is 15.2 Å². The number of anilines is 2. The molecule has 2 aromatic carbocycles. The summed E-state index contributed by atoms with van der Waals surface area (Å²) in [5, 5.41) is 40.0. The summed E-state index contributed by atoms with van der Waals surface area (Å²) in [5.41, 5.74) is 7.48. The molecule has 0 bridgehead atoms. The van der Waals surface area contributed by atoms with Crippen LogP contribution in [0.3, 0.4) is 0 Å². The van der Waals surface area contributed by atoms with Crippen molar-refractivity contribution in [2.24, 2.45) is 5.73 Å². The van der Waals surface area contributed by atoms with Crippen LogP contribution in [0.25, 0.3) is 0 Å². The topological polar surface area (TPSA) is 277 Å². The lowest BCUT2D eigenvalue weighted by Crippen LogP contribution is -2.54. The molecular formula is C43H48Br4N8O11. The number of carbonyl (C=O) groups excluding carboxylic acids is 4. The Bertz CT molecular complexity index is 2410. The van der Waals surface area contributed by atoms with Gasteiger partial charge in [-0.1, -0.05) is 7.43 Å². The number of fused-ring (bicyclic) bond motifs is 4. The molecule has 2 fully saturated rings. The van der Waals surface area contributed by atoms with Crippen LogP contribution in [0.15, 0.2) is 78.8 Å². The second-order valence-corrected chi connectivity index (χ2v) is 18.7. The van der Waals surface area contributed by atoms with Crippen LogP contribution in [0.1, 0.15) is 55.4 Å². The van der Waals surface area contributed by atoms with Gasteiger partial charge in [0.2, 0.25) is 0 Å². The number of hydrogen-bond donors (Lipinski definition) is 8. The molecule has 2 atom stereocenters. The number of piperidine rings is 2. The first-order chi connectivity index (χ1) is 30.9. The van der Waals surface area contributed by atoms with E-state index < -0.39 is 53.4 Å². The molecule has 4 aromatic rings. The third kappa shape index (κ3) is 12.3. The Kier molecular flexibility index (Phi) is 17.8. The van der Waals surface area contributed by atoms with Gasteiger partial charge in [0.1, 0.15) is 46.4 Å². The number of carboxylic acid groups (broad SMARTS) is 1. The predicted molar refractivity (Wildman–Crippen MR) is 256 cm³/mol. The zero-order valence-electron chi connectivity index (χ0n) is 34.5. The van der Waals surface area contributed by atoms with Gasteiger partial charge in [-0.3, -0.25) is 15.4 Å². The van der Waals surface area contributed by atoms with E-state index in [0.717, 1.165) is 42.6 Å². The number of rotatable bonds is 7. The van der Waals surface area contributed by atoms with Crippen molar-refractivity contribution < 1.29 is 53.5 Å². The summed E-state index contributed by atoms with van der Waals surface area (Å²) in [6.45, 7) is 2.27. The normalized spacial score (nSPS) is 17.1. The number of aromatic hydroxyl groups is 2. The van der Waals surface area contributed by atoms with Crippen LogP contribution in [0.2, 0.25) is 0 Å². The van der Waals surface area contributed by atoms with Crippen molar-refractivity contribution in [2.75, 3.05) is 43.9 Å². The first kappa shape index (κ1) is 51.9. The number of methoxy groups -OCH3 is 1. The SMILES string of the molecule is C.COC(=O)[C@H](N)Cc1cc(Br)c(O)c(Br)c1.O=C1Nc2ncccc2C2(CCN(C(=O)N[C@H](Cc3cc(Br)c(O)c(Br)c3)C(=O)O)CC2)O1.O=C1Nc2ncccc2C2(CCNCC2)O1. The van der Waals surface area contributed by atoms with Gasteiger partial charge in [0.15, 0.2) is 0 Å². The fourth-order valence-electron chi connectivity index (χ4n) is 7.74. The van der Waals surface area contributed by atoms with Gasteiger partial charge in [-0.15, -0.1) is 0 Å². The Morgan fingerprint density at radius 2 is 1.24 bits per heavy atom. The molecule has 9 N–H and O–H groups in total. The number of carboxylic acids is 1. The maximum absolute atomic E-state index is 12.8. The molecule has 0 aliphatic carbocycles. The van der Waals surface area contributed by atoms with Crippen molar-refractivity contribution in [3.05, 3.63) is 101 Å². The highest BCUT2D eigenvalue weighted by atomic mass is 79.9. The summed E-state index contributed by atoms with van der Waals surface area (Å²) in [6, 6.07) is 11.7. The number of amides is 4. The van der Waals surface area contributed by atoms with E-state index in [1.54, 1.807) is 42.7 Å². The van der Waals surface area contributed by atoms with Crippen molar-refractivity contribution in [3.8, 4) is 11.5 Å². The average molecular weight is 1170 g/mol. The van der Waals surface area contributed by atoms with Crippen LogP contribution in [0.4, 0.5) is 26.0 Å². The number of ether oxygens (including phenoxy) is 3. The highest BCUT2D eigenvalue weighted by Gasteiger charge is 2.46. The molecule has 2 spiro atoms. The number of esters is 1. The summed E-state index contributed by atoms with van der Waals surface area (Å²) >= 11 is 12.8. The largest absolute Gasteiger partial charge is 0.506 e. The quantitative estimate of drug-likeness (QED) is 0.0662. The highest BCUT2D eigenvalue weighted by molar-refractivity contribution is 9.11. The summed E-state index contributed by atoms with van der Waals surface area (Å²) in [7, 11) is 1.30. The number of aliphatic carboxylic acids is 1. The van der Waals surface area contributed by atoms with Crippen molar-refractivity contribution in [2.45, 2.75) is 69.2 Å². The van der Waals surface area contributed by atoms with E-state index in [-0.39, 0.29) is 38.4 Å². The van der Waals surface area contributed by atoms with E-state index in [9.17, 15) is 39.3 Å². The molecule has 19 nitrogen and oxygen atoms in total. The standard InChI is InChI=1S/C21H20Br2N4O6.C11H13N3O2.C10H11Br2NO3.CH4/c22-13-8-11(9-14(23)16(13)28)10-15(18(29)30)25-19(31)27-6-3-21(4-7-27)12-2-1-5-24-17(12)26-20(32)33-21;15-10-14-9-8(2-1-5-13-9)11(16-10)3-6-12-7-4-11;1-16-10(15)8(13)4-5-2-6(11)9(14)7(12)3-5;/h1-2,5,8-9,15,28H,3-4,6-7,10H2,(H,25,31)(H,29,30)(H,24,26,32);1-2,5,12H,3-4,6-7H2,(H,13,14,15);2-3,8,14H,4,13H2,1H3;1H4/t15-;;8-;/m1.1./s1. The number of urea groups is 1. The molecule has 66 heavy (non-hydrogen) atoms. The van der Waals surface area contributed by atoms with Crippen LogP contribution >= 0.6 is 63.7 Å². The van der Waals surface area contributed by atoms with Crippen LogP contribution in [0.5, 0.6) is 11.5 Å². The van der Waals surface area contributed by atoms with E-state index >= 15 is 0 Å². The molecule has 4 aliphatic heterocycles. The summed E-state index contributed by atoms with van der Waals surface area (Å²) < 4.78 is 17.6. The zero-order valence-corrected chi connectivity index (χ0v) is 40.9.